The van der Waals surface area contributed by atoms with Crippen LogP contribution in [-0.4, -0.2) is 36.1 Å². The third kappa shape index (κ3) is 3.34. The summed E-state index contributed by atoms with van der Waals surface area (Å²) in [6, 6.07) is -0.567. The van der Waals surface area contributed by atoms with Gasteiger partial charge in [0.1, 0.15) is 0 Å². The van der Waals surface area contributed by atoms with Gasteiger partial charge in [-0.3, -0.25) is 9.59 Å². The van der Waals surface area contributed by atoms with E-state index in [0.717, 1.165) is 0 Å². The lowest BCUT2D eigenvalue weighted by atomic mass is 10.2. The van der Waals surface area contributed by atoms with Crippen molar-refractivity contribution in [1.29, 1.82) is 0 Å². The van der Waals surface area contributed by atoms with Crippen LogP contribution >= 0.6 is 0 Å². The van der Waals surface area contributed by atoms with Crippen LogP contribution in [0.4, 0.5) is 0 Å². The second-order valence-electron chi connectivity index (χ2n) is 2.55. The fraction of sp³-hybridized carbons (Fsp3) is 0.714. The predicted molar refractivity (Wildman–Crippen MR) is 43.4 cm³/mol. The normalized spacial score (nSPS) is 14.7. The van der Waals surface area contributed by atoms with Gasteiger partial charge in [-0.2, -0.15) is 0 Å². The van der Waals surface area contributed by atoms with Gasteiger partial charge >= 0.3 is 0 Å². The summed E-state index contributed by atoms with van der Waals surface area (Å²) < 4.78 is 0. The van der Waals surface area contributed by atoms with Crippen molar-refractivity contribution in [2.45, 2.75) is 26.0 Å². The molecule has 0 fully saturated rings. The van der Waals surface area contributed by atoms with Crippen LogP contribution in [-0.2, 0) is 9.59 Å². The van der Waals surface area contributed by atoms with Crippen LogP contribution in [0, 0.1) is 0 Å². The van der Waals surface area contributed by atoms with Gasteiger partial charge < -0.3 is 15.7 Å². The molecule has 12 heavy (non-hydrogen) atoms. The SMILES string of the molecule is CNC(=O)C(O)C(C)NC(C)=O. The van der Waals surface area contributed by atoms with Gasteiger partial charge in [0, 0.05) is 14.0 Å². The van der Waals surface area contributed by atoms with Crippen LogP contribution in [0.15, 0.2) is 0 Å². The lowest BCUT2D eigenvalue weighted by molar-refractivity contribution is -0.131. The summed E-state index contributed by atoms with van der Waals surface area (Å²) in [7, 11) is 1.42. The average Bonchev–Trinajstić information content (AvgIpc) is 2.00. The average molecular weight is 174 g/mol. The van der Waals surface area contributed by atoms with Crippen molar-refractivity contribution < 1.29 is 14.7 Å². The molecule has 5 heteroatoms. The fourth-order valence-corrected chi connectivity index (χ4v) is 0.774. The minimum absolute atomic E-state index is 0.273. The molecule has 0 rings (SSSR count). The van der Waals surface area contributed by atoms with Gasteiger partial charge in [0.05, 0.1) is 6.04 Å². The molecule has 0 bridgehead atoms. The molecule has 0 radical (unpaired) electrons. The third-order valence-electron chi connectivity index (χ3n) is 1.42. The highest BCUT2D eigenvalue weighted by molar-refractivity contribution is 5.82. The van der Waals surface area contributed by atoms with Gasteiger partial charge in [-0.15, -0.1) is 0 Å². The molecular weight excluding hydrogens is 160 g/mol. The van der Waals surface area contributed by atoms with E-state index in [1.165, 1.54) is 14.0 Å². The zero-order chi connectivity index (χ0) is 9.72. The Morgan fingerprint density at radius 3 is 2.25 bits per heavy atom. The van der Waals surface area contributed by atoms with E-state index < -0.39 is 18.1 Å². The maximum Gasteiger partial charge on any atom is 0.250 e. The van der Waals surface area contributed by atoms with Crippen molar-refractivity contribution in [2.24, 2.45) is 0 Å². The number of carbonyl (C=O) groups is 2. The fourth-order valence-electron chi connectivity index (χ4n) is 0.774. The number of aliphatic hydroxyl groups excluding tert-OH is 1. The summed E-state index contributed by atoms with van der Waals surface area (Å²) >= 11 is 0. The van der Waals surface area contributed by atoms with E-state index in [2.05, 4.69) is 10.6 Å². The molecule has 5 nitrogen and oxygen atoms in total. The van der Waals surface area contributed by atoms with Crippen LogP contribution in [0.3, 0.4) is 0 Å². The van der Waals surface area contributed by atoms with Gasteiger partial charge in [0.15, 0.2) is 6.10 Å². The quantitative estimate of drug-likeness (QED) is 0.493. The molecule has 2 amide bonds. The van der Waals surface area contributed by atoms with Gasteiger partial charge in [0.25, 0.3) is 5.91 Å². The van der Waals surface area contributed by atoms with Crippen molar-refractivity contribution in [2.75, 3.05) is 7.05 Å². The molecule has 0 aromatic heterocycles. The number of rotatable bonds is 3. The minimum atomic E-state index is -1.20. The Morgan fingerprint density at radius 1 is 1.42 bits per heavy atom. The zero-order valence-electron chi connectivity index (χ0n) is 7.42. The van der Waals surface area contributed by atoms with Gasteiger partial charge in [-0.1, -0.05) is 0 Å². The highest BCUT2D eigenvalue weighted by Crippen LogP contribution is 1.91. The molecule has 0 aromatic carbocycles. The lowest BCUT2D eigenvalue weighted by Crippen LogP contribution is -2.47. The highest BCUT2D eigenvalue weighted by atomic mass is 16.3. The Labute approximate surface area is 71.1 Å². The Bertz CT molecular complexity index is 181. The topological polar surface area (TPSA) is 78.4 Å². The molecular formula is C7H14N2O3. The van der Waals surface area contributed by atoms with E-state index in [9.17, 15) is 14.7 Å². The van der Waals surface area contributed by atoms with E-state index in [1.54, 1.807) is 6.92 Å². The molecule has 0 heterocycles. The molecule has 0 aliphatic heterocycles. The van der Waals surface area contributed by atoms with Crippen molar-refractivity contribution in [3.63, 3.8) is 0 Å². The first kappa shape index (κ1) is 10.9. The van der Waals surface area contributed by atoms with Crippen molar-refractivity contribution in [1.82, 2.24) is 10.6 Å². The molecule has 0 aliphatic carbocycles. The van der Waals surface area contributed by atoms with Gasteiger partial charge in [-0.05, 0) is 6.92 Å². The summed E-state index contributed by atoms with van der Waals surface area (Å²) in [6.45, 7) is 2.88. The number of hydrogen-bond donors (Lipinski definition) is 3. The molecule has 0 aromatic rings. The maximum atomic E-state index is 10.8. The third-order valence-corrected chi connectivity index (χ3v) is 1.42. The van der Waals surface area contributed by atoms with E-state index in [-0.39, 0.29) is 5.91 Å². The summed E-state index contributed by atoms with van der Waals surface area (Å²) in [5.74, 6) is -0.776. The largest absolute Gasteiger partial charge is 0.381 e. The van der Waals surface area contributed by atoms with Crippen LogP contribution in [0.1, 0.15) is 13.8 Å². The molecule has 0 spiro atoms. The van der Waals surface area contributed by atoms with Gasteiger partial charge in [-0.25, -0.2) is 0 Å². The smallest absolute Gasteiger partial charge is 0.250 e. The molecule has 70 valence electrons. The number of nitrogens with one attached hydrogen (secondary N) is 2. The summed E-state index contributed by atoms with van der Waals surface area (Å²) in [5, 5.41) is 13.9. The van der Waals surface area contributed by atoms with Crippen LogP contribution in [0.5, 0.6) is 0 Å². The first-order valence-electron chi connectivity index (χ1n) is 3.65. The number of carbonyl (C=O) groups excluding carboxylic acids is 2. The Kier molecular flexibility index (Phi) is 4.28. The highest BCUT2D eigenvalue weighted by Gasteiger charge is 2.21. The molecule has 0 saturated heterocycles. The lowest BCUT2D eigenvalue weighted by Gasteiger charge is -2.17. The molecule has 3 N–H and O–H groups in total. The predicted octanol–water partition coefficient (Wildman–Crippen LogP) is -1.38. The van der Waals surface area contributed by atoms with Crippen LogP contribution < -0.4 is 10.6 Å². The van der Waals surface area contributed by atoms with Crippen molar-refractivity contribution >= 4 is 11.8 Å². The maximum absolute atomic E-state index is 10.8. The Morgan fingerprint density at radius 2 is 1.92 bits per heavy atom. The molecule has 0 saturated carbocycles. The number of amides is 2. The standard InChI is InChI=1S/C7H14N2O3/c1-4(9-5(2)10)6(11)7(12)8-3/h4,6,11H,1-3H3,(H,8,12)(H,9,10). The summed E-state index contributed by atoms with van der Waals surface area (Å²) in [5.41, 5.74) is 0. The van der Waals surface area contributed by atoms with Crippen LogP contribution in [0.2, 0.25) is 0 Å². The first-order valence-corrected chi connectivity index (χ1v) is 3.65. The van der Waals surface area contributed by atoms with E-state index >= 15 is 0 Å². The Hall–Kier alpha value is -1.10. The minimum Gasteiger partial charge on any atom is -0.381 e. The van der Waals surface area contributed by atoms with E-state index in [0.29, 0.717) is 0 Å². The second-order valence-corrected chi connectivity index (χ2v) is 2.55. The molecule has 2 atom stereocenters. The number of aliphatic hydroxyl groups is 1. The monoisotopic (exact) mass is 174 g/mol. The molecule has 2 unspecified atom stereocenters. The van der Waals surface area contributed by atoms with Crippen molar-refractivity contribution in [3.05, 3.63) is 0 Å². The Balaban J connectivity index is 4.00. The zero-order valence-corrected chi connectivity index (χ0v) is 7.42. The second kappa shape index (κ2) is 4.71. The summed E-state index contributed by atoms with van der Waals surface area (Å²) in [4.78, 5) is 21.3. The number of hydrogen-bond acceptors (Lipinski definition) is 3. The summed E-state index contributed by atoms with van der Waals surface area (Å²) in [6.07, 6.45) is -1.20. The molecule has 0 aliphatic rings. The first-order chi connectivity index (χ1) is 5.49. The number of likely N-dealkylation sites (N-methyl/N-ethyl adjacent to an activating group) is 1. The van der Waals surface area contributed by atoms with E-state index in [1.807, 2.05) is 0 Å². The van der Waals surface area contributed by atoms with Crippen LogP contribution in [0.25, 0.3) is 0 Å². The van der Waals surface area contributed by atoms with E-state index in [4.69, 9.17) is 0 Å². The van der Waals surface area contributed by atoms with Crippen molar-refractivity contribution in [3.8, 4) is 0 Å². The van der Waals surface area contributed by atoms with Gasteiger partial charge in [0.2, 0.25) is 5.91 Å².